The lowest BCUT2D eigenvalue weighted by molar-refractivity contribution is 0.396. The van der Waals surface area contributed by atoms with Crippen LogP contribution in [0.5, 0.6) is 11.5 Å². The minimum Gasteiger partial charge on any atom is -0.496 e. The summed E-state index contributed by atoms with van der Waals surface area (Å²) < 4.78 is 14.6. The lowest BCUT2D eigenvalue weighted by Gasteiger charge is -2.12. The third-order valence-corrected chi connectivity index (χ3v) is 5.82. The molecule has 1 aromatic heterocycles. The van der Waals surface area contributed by atoms with E-state index in [2.05, 4.69) is 75.6 Å². The summed E-state index contributed by atoms with van der Waals surface area (Å²) in [5.74, 6) is 1.51. The summed E-state index contributed by atoms with van der Waals surface area (Å²) in [6.45, 7) is 4.65. The molecule has 0 N–H and O–H groups in total. The Morgan fingerprint density at radius 3 is 2.03 bits per heavy atom. The van der Waals surface area contributed by atoms with E-state index in [-0.39, 0.29) is 0 Å². The van der Waals surface area contributed by atoms with Gasteiger partial charge in [-0.2, -0.15) is 0 Å². The van der Waals surface area contributed by atoms with Crippen molar-refractivity contribution in [2.45, 2.75) is 6.54 Å². The van der Waals surface area contributed by atoms with E-state index in [0.717, 1.165) is 49.3 Å². The quantitative estimate of drug-likeness (QED) is 0.298. The molecule has 1 heterocycles. The van der Waals surface area contributed by atoms with Crippen LogP contribution in [0.25, 0.3) is 33.3 Å². The molecule has 29 heavy (non-hydrogen) atoms. The van der Waals surface area contributed by atoms with Gasteiger partial charge in [-0.25, -0.2) is 0 Å². The molecule has 0 aliphatic rings. The molecule has 0 saturated carbocycles. The molecule has 0 amide bonds. The molecular formula is C25H22BrNO2. The van der Waals surface area contributed by atoms with Crippen molar-refractivity contribution < 1.29 is 9.47 Å². The fourth-order valence-electron chi connectivity index (χ4n) is 3.86. The molecule has 0 fully saturated rings. The molecule has 0 radical (unpaired) electrons. The maximum Gasteiger partial charge on any atom is 0.138 e. The maximum atomic E-state index is 5.83. The molecule has 4 aromatic rings. The van der Waals surface area contributed by atoms with E-state index in [1.807, 2.05) is 24.3 Å². The van der Waals surface area contributed by atoms with Crippen LogP contribution in [0.2, 0.25) is 0 Å². The Balaban J connectivity index is 2.26. The van der Waals surface area contributed by atoms with Gasteiger partial charge in [0.1, 0.15) is 11.5 Å². The Kier molecular flexibility index (Phi) is 5.45. The van der Waals surface area contributed by atoms with Gasteiger partial charge >= 0.3 is 0 Å². The summed E-state index contributed by atoms with van der Waals surface area (Å²) in [6, 6.07) is 22.8. The number of benzene rings is 3. The fraction of sp³-hybridized carbons (Fsp3) is 0.120. The molecule has 0 spiro atoms. The predicted molar refractivity (Wildman–Crippen MR) is 124 cm³/mol. The Labute approximate surface area is 179 Å². The number of nitrogens with zero attached hydrogens (tertiary/aromatic N) is 1. The number of fused-ring (bicyclic) bond motifs is 1. The number of rotatable bonds is 6. The first-order valence-electron chi connectivity index (χ1n) is 9.39. The van der Waals surface area contributed by atoms with Crippen LogP contribution in [-0.4, -0.2) is 18.8 Å². The van der Waals surface area contributed by atoms with Gasteiger partial charge in [0.2, 0.25) is 0 Å². The topological polar surface area (TPSA) is 23.4 Å². The van der Waals surface area contributed by atoms with Gasteiger partial charge in [-0.1, -0.05) is 66.7 Å². The molecule has 0 atom stereocenters. The second kappa shape index (κ2) is 8.18. The standard InChI is InChI=1S/C25H22BrNO2/c1-4-15-27-24(18-13-9-6-10-14-18)21(17-11-7-5-8-12-17)22-19(28-2)16-20(29-3)23(26)25(22)27/h4-14,16H,1,15H2,2-3H3. The number of allylic oxidation sites excluding steroid dienone is 1. The monoisotopic (exact) mass is 447 g/mol. The minimum atomic E-state index is 0.655. The fourth-order valence-corrected chi connectivity index (χ4v) is 4.55. The molecule has 0 aliphatic carbocycles. The Bertz CT molecular complexity index is 1160. The maximum absolute atomic E-state index is 5.83. The van der Waals surface area contributed by atoms with E-state index in [1.54, 1.807) is 14.2 Å². The summed E-state index contributed by atoms with van der Waals surface area (Å²) in [4.78, 5) is 0. The van der Waals surface area contributed by atoms with Crippen LogP contribution in [0.4, 0.5) is 0 Å². The van der Waals surface area contributed by atoms with E-state index >= 15 is 0 Å². The van der Waals surface area contributed by atoms with Crippen LogP contribution in [0.3, 0.4) is 0 Å². The average Bonchev–Trinajstić information content (AvgIpc) is 3.11. The first-order valence-corrected chi connectivity index (χ1v) is 10.2. The zero-order chi connectivity index (χ0) is 20.4. The van der Waals surface area contributed by atoms with Gasteiger partial charge in [0, 0.05) is 18.2 Å². The summed E-state index contributed by atoms with van der Waals surface area (Å²) in [5.41, 5.74) is 5.55. The molecule has 146 valence electrons. The third-order valence-electron chi connectivity index (χ3n) is 5.06. The lowest BCUT2D eigenvalue weighted by Crippen LogP contribution is -1.99. The molecule has 0 bridgehead atoms. The molecule has 0 unspecified atom stereocenters. The number of hydrogen-bond donors (Lipinski definition) is 0. The van der Waals surface area contributed by atoms with Crippen LogP contribution < -0.4 is 9.47 Å². The molecule has 4 rings (SSSR count). The van der Waals surface area contributed by atoms with Crippen molar-refractivity contribution in [3.05, 3.63) is 83.9 Å². The van der Waals surface area contributed by atoms with E-state index in [0.29, 0.717) is 6.54 Å². The van der Waals surface area contributed by atoms with Crippen molar-refractivity contribution in [3.63, 3.8) is 0 Å². The highest BCUT2D eigenvalue weighted by Crippen LogP contribution is 2.49. The zero-order valence-corrected chi connectivity index (χ0v) is 18.1. The van der Waals surface area contributed by atoms with Crippen molar-refractivity contribution in [3.8, 4) is 33.9 Å². The second-order valence-corrected chi connectivity index (χ2v) is 7.47. The summed E-state index contributed by atoms with van der Waals surface area (Å²) in [7, 11) is 3.37. The SMILES string of the molecule is C=CCn1c(-c2ccccc2)c(-c2ccccc2)c2c(OC)cc(OC)c(Br)c21. The largest absolute Gasteiger partial charge is 0.496 e. The number of hydrogen-bond acceptors (Lipinski definition) is 2. The minimum absolute atomic E-state index is 0.655. The summed E-state index contributed by atoms with van der Waals surface area (Å²) in [5, 5.41) is 1.05. The van der Waals surface area contributed by atoms with E-state index in [9.17, 15) is 0 Å². The van der Waals surface area contributed by atoms with Gasteiger partial charge in [-0.05, 0) is 27.1 Å². The van der Waals surface area contributed by atoms with Crippen molar-refractivity contribution in [2.75, 3.05) is 14.2 Å². The molecule has 4 heteroatoms. The average molecular weight is 448 g/mol. The van der Waals surface area contributed by atoms with Gasteiger partial charge in [0.25, 0.3) is 0 Å². The van der Waals surface area contributed by atoms with Crippen molar-refractivity contribution in [1.82, 2.24) is 4.57 Å². The van der Waals surface area contributed by atoms with Crippen molar-refractivity contribution >= 4 is 26.8 Å². The lowest BCUT2D eigenvalue weighted by atomic mass is 9.98. The Morgan fingerprint density at radius 1 is 0.897 bits per heavy atom. The third kappa shape index (κ3) is 3.23. The van der Waals surface area contributed by atoms with E-state index in [4.69, 9.17) is 9.47 Å². The predicted octanol–water partition coefficient (Wildman–Crippen LogP) is 6.94. The van der Waals surface area contributed by atoms with Gasteiger partial charge in [0.05, 0.1) is 35.3 Å². The zero-order valence-electron chi connectivity index (χ0n) is 16.5. The van der Waals surface area contributed by atoms with Crippen molar-refractivity contribution in [1.29, 1.82) is 0 Å². The van der Waals surface area contributed by atoms with Crippen molar-refractivity contribution in [2.24, 2.45) is 0 Å². The molecule has 3 aromatic carbocycles. The van der Waals surface area contributed by atoms with E-state index in [1.165, 1.54) is 0 Å². The van der Waals surface area contributed by atoms with Crippen LogP contribution in [-0.2, 0) is 6.54 Å². The van der Waals surface area contributed by atoms with Gasteiger partial charge in [-0.15, -0.1) is 6.58 Å². The van der Waals surface area contributed by atoms with Gasteiger partial charge in [-0.3, -0.25) is 0 Å². The van der Waals surface area contributed by atoms with Crippen LogP contribution in [0, 0.1) is 0 Å². The van der Waals surface area contributed by atoms with Gasteiger partial charge in [0.15, 0.2) is 0 Å². The number of methoxy groups -OCH3 is 2. The highest BCUT2D eigenvalue weighted by Gasteiger charge is 2.26. The Hall–Kier alpha value is -2.98. The Morgan fingerprint density at radius 2 is 1.48 bits per heavy atom. The van der Waals surface area contributed by atoms with E-state index < -0.39 is 0 Å². The molecular weight excluding hydrogens is 426 g/mol. The first-order chi connectivity index (χ1) is 14.2. The molecule has 0 aliphatic heterocycles. The molecule has 0 saturated heterocycles. The van der Waals surface area contributed by atoms with Gasteiger partial charge < -0.3 is 14.0 Å². The molecule has 3 nitrogen and oxygen atoms in total. The number of aromatic nitrogens is 1. The summed E-state index contributed by atoms with van der Waals surface area (Å²) in [6.07, 6.45) is 1.92. The normalized spacial score (nSPS) is 10.9. The highest BCUT2D eigenvalue weighted by molar-refractivity contribution is 9.10. The smallest absolute Gasteiger partial charge is 0.138 e. The summed E-state index contributed by atoms with van der Waals surface area (Å²) >= 11 is 3.78. The highest BCUT2D eigenvalue weighted by atomic mass is 79.9. The van der Waals surface area contributed by atoms with Crippen LogP contribution in [0.15, 0.2) is 83.9 Å². The van der Waals surface area contributed by atoms with Crippen LogP contribution in [0.1, 0.15) is 0 Å². The second-order valence-electron chi connectivity index (χ2n) is 6.67. The number of halogens is 1. The first kappa shape index (κ1) is 19.3. The number of ether oxygens (including phenoxy) is 2. The van der Waals surface area contributed by atoms with Crippen LogP contribution >= 0.6 is 15.9 Å².